The van der Waals surface area contributed by atoms with Gasteiger partial charge >= 0.3 is 0 Å². The van der Waals surface area contributed by atoms with E-state index in [1.54, 1.807) is 16.8 Å². The van der Waals surface area contributed by atoms with Gasteiger partial charge < -0.3 is 9.32 Å². The molecular weight excluding hydrogens is 466 g/mol. The van der Waals surface area contributed by atoms with Gasteiger partial charge in [0.15, 0.2) is 0 Å². The molecule has 0 saturated heterocycles. The van der Waals surface area contributed by atoms with Gasteiger partial charge in [0.05, 0.1) is 18.7 Å². The molecule has 1 saturated carbocycles. The second-order valence-corrected chi connectivity index (χ2v) is 9.39. The van der Waals surface area contributed by atoms with E-state index in [4.69, 9.17) is 16.0 Å². The second kappa shape index (κ2) is 9.22. The summed E-state index contributed by atoms with van der Waals surface area (Å²) in [5.41, 5.74) is 5.06. The SMILES string of the molecule is Cc1cc(C)nc(-n2nc(C)c(CC(=O)N(Cc3nnc(-c4ccc(Cl)cc4)o3)C3CC3)c2C)n1. The van der Waals surface area contributed by atoms with Crippen LogP contribution in [-0.4, -0.2) is 46.8 Å². The number of rotatable bonds is 7. The van der Waals surface area contributed by atoms with Crippen molar-refractivity contribution >= 4 is 17.5 Å². The Hall–Kier alpha value is -3.59. The lowest BCUT2D eigenvalue weighted by Gasteiger charge is -2.20. The average molecular weight is 492 g/mol. The average Bonchev–Trinajstić information content (AvgIpc) is 3.48. The van der Waals surface area contributed by atoms with Crippen LogP contribution in [0, 0.1) is 27.7 Å². The number of hydrogen-bond acceptors (Lipinski definition) is 7. The summed E-state index contributed by atoms with van der Waals surface area (Å²) in [5.74, 6) is 1.33. The number of aromatic nitrogens is 6. The number of amides is 1. The molecule has 0 aliphatic heterocycles. The zero-order valence-electron chi connectivity index (χ0n) is 20.1. The summed E-state index contributed by atoms with van der Waals surface area (Å²) in [6.07, 6.45) is 2.17. The van der Waals surface area contributed by atoms with Gasteiger partial charge in [0.25, 0.3) is 5.95 Å². The zero-order chi connectivity index (χ0) is 24.7. The lowest BCUT2D eigenvalue weighted by atomic mass is 10.1. The van der Waals surface area contributed by atoms with E-state index in [9.17, 15) is 4.79 Å². The number of nitrogens with zero attached hydrogens (tertiary/aromatic N) is 7. The quantitative estimate of drug-likeness (QED) is 0.379. The normalized spacial score (nSPS) is 13.3. The number of carbonyl (C=O) groups is 1. The molecule has 1 aliphatic carbocycles. The molecule has 10 heteroatoms. The van der Waals surface area contributed by atoms with Crippen molar-refractivity contribution in [1.82, 2.24) is 34.8 Å². The second-order valence-electron chi connectivity index (χ2n) is 8.95. The van der Waals surface area contributed by atoms with Crippen molar-refractivity contribution in [3.63, 3.8) is 0 Å². The standard InChI is InChI=1S/C25H26ClN7O2/c1-14-11-15(2)28-25(27-14)33-17(4)21(16(3)31-33)12-23(34)32(20-9-10-20)13-22-29-30-24(35-22)18-5-7-19(26)8-6-18/h5-8,11,20H,9-10,12-13H2,1-4H3. The Bertz CT molecular complexity index is 1370. The third-order valence-corrected chi connectivity index (χ3v) is 6.35. The minimum atomic E-state index is 0.00540. The number of aryl methyl sites for hydroxylation is 3. The monoisotopic (exact) mass is 491 g/mol. The van der Waals surface area contributed by atoms with E-state index in [1.165, 1.54) is 0 Å². The highest BCUT2D eigenvalue weighted by molar-refractivity contribution is 6.30. The minimum absolute atomic E-state index is 0.00540. The first-order valence-corrected chi connectivity index (χ1v) is 11.9. The van der Waals surface area contributed by atoms with Crippen LogP contribution in [0.5, 0.6) is 0 Å². The Morgan fingerprint density at radius 1 is 1.09 bits per heavy atom. The Morgan fingerprint density at radius 2 is 1.77 bits per heavy atom. The molecule has 3 aromatic heterocycles. The van der Waals surface area contributed by atoms with Crippen LogP contribution in [0.1, 0.15) is 47.1 Å². The summed E-state index contributed by atoms with van der Waals surface area (Å²) < 4.78 is 7.58. The Labute approximate surface area is 208 Å². The zero-order valence-corrected chi connectivity index (χ0v) is 20.9. The summed E-state index contributed by atoms with van der Waals surface area (Å²) in [6.45, 7) is 7.99. The van der Waals surface area contributed by atoms with Crippen molar-refractivity contribution in [2.24, 2.45) is 0 Å². The van der Waals surface area contributed by atoms with Crippen molar-refractivity contribution in [2.75, 3.05) is 0 Å². The van der Waals surface area contributed by atoms with E-state index in [-0.39, 0.29) is 24.9 Å². The van der Waals surface area contributed by atoms with Crippen LogP contribution < -0.4 is 0 Å². The fourth-order valence-electron chi connectivity index (χ4n) is 4.16. The molecule has 1 amide bonds. The molecule has 0 bridgehead atoms. The molecule has 9 nitrogen and oxygen atoms in total. The lowest BCUT2D eigenvalue weighted by molar-refractivity contribution is -0.132. The van der Waals surface area contributed by atoms with Crippen molar-refractivity contribution in [3.8, 4) is 17.4 Å². The minimum Gasteiger partial charge on any atom is -0.419 e. The molecule has 1 aromatic carbocycles. The summed E-state index contributed by atoms with van der Waals surface area (Å²) in [4.78, 5) is 24.3. The van der Waals surface area contributed by atoms with Crippen molar-refractivity contribution in [3.05, 3.63) is 69.6 Å². The molecule has 0 radical (unpaired) electrons. The molecule has 1 fully saturated rings. The fourth-order valence-corrected chi connectivity index (χ4v) is 4.29. The summed E-state index contributed by atoms with van der Waals surface area (Å²) in [7, 11) is 0. The largest absolute Gasteiger partial charge is 0.419 e. The molecular formula is C25H26ClN7O2. The topological polar surface area (TPSA) is 103 Å². The van der Waals surface area contributed by atoms with E-state index < -0.39 is 0 Å². The first kappa shape index (κ1) is 23.2. The highest BCUT2D eigenvalue weighted by atomic mass is 35.5. The van der Waals surface area contributed by atoms with E-state index in [2.05, 4.69) is 25.3 Å². The van der Waals surface area contributed by atoms with E-state index in [0.717, 1.165) is 46.7 Å². The maximum absolute atomic E-state index is 13.4. The van der Waals surface area contributed by atoms with Crippen molar-refractivity contribution in [1.29, 1.82) is 0 Å². The van der Waals surface area contributed by atoms with Gasteiger partial charge in [-0.3, -0.25) is 4.79 Å². The van der Waals surface area contributed by atoms with Crippen LogP contribution >= 0.6 is 11.6 Å². The van der Waals surface area contributed by atoms with Crippen molar-refractivity contribution < 1.29 is 9.21 Å². The van der Waals surface area contributed by atoms with Gasteiger partial charge in [-0.2, -0.15) is 5.10 Å². The van der Waals surface area contributed by atoms with E-state index >= 15 is 0 Å². The molecule has 5 rings (SSSR count). The molecule has 4 aromatic rings. The number of carbonyl (C=O) groups excluding carboxylic acids is 1. The highest BCUT2D eigenvalue weighted by Crippen LogP contribution is 2.30. The number of benzene rings is 1. The molecule has 1 aliphatic rings. The van der Waals surface area contributed by atoms with Crippen molar-refractivity contribution in [2.45, 2.75) is 59.5 Å². The molecule has 0 atom stereocenters. The van der Waals surface area contributed by atoms with Gasteiger partial charge in [-0.05, 0) is 70.9 Å². The highest BCUT2D eigenvalue weighted by Gasteiger charge is 2.34. The summed E-state index contributed by atoms with van der Waals surface area (Å²) >= 11 is 5.96. The number of hydrogen-bond donors (Lipinski definition) is 0. The van der Waals surface area contributed by atoms with Gasteiger partial charge in [0, 0.05) is 39.3 Å². The van der Waals surface area contributed by atoms with E-state index in [0.29, 0.717) is 22.8 Å². The molecule has 0 spiro atoms. The maximum Gasteiger partial charge on any atom is 0.251 e. The maximum atomic E-state index is 13.4. The van der Waals surface area contributed by atoms with Crippen LogP contribution in [-0.2, 0) is 17.8 Å². The smallest absolute Gasteiger partial charge is 0.251 e. The summed E-state index contributed by atoms with van der Waals surface area (Å²) in [6, 6.07) is 9.30. The first-order chi connectivity index (χ1) is 16.8. The third kappa shape index (κ3) is 4.95. The van der Waals surface area contributed by atoms with Gasteiger partial charge in [-0.15, -0.1) is 10.2 Å². The molecule has 0 N–H and O–H groups in total. The third-order valence-electron chi connectivity index (χ3n) is 6.10. The van der Waals surface area contributed by atoms with Crippen LogP contribution in [0.2, 0.25) is 5.02 Å². The van der Waals surface area contributed by atoms with Gasteiger partial charge in [-0.1, -0.05) is 11.6 Å². The molecule has 0 unspecified atom stereocenters. The van der Waals surface area contributed by atoms with Crippen LogP contribution in [0.3, 0.4) is 0 Å². The van der Waals surface area contributed by atoms with Crippen LogP contribution in [0.15, 0.2) is 34.7 Å². The van der Waals surface area contributed by atoms with Gasteiger partial charge in [-0.25, -0.2) is 14.6 Å². The predicted octanol–water partition coefficient (Wildman–Crippen LogP) is 4.33. The van der Waals surface area contributed by atoms with E-state index in [1.807, 2.05) is 50.8 Å². The molecule has 35 heavy (non-hydrogen) atoms. The van der Waals surface area contributed by atoms with Gasteiger partial charge in [0.1, 0.15) is 0 Å². The Kier molecular flexibility index (Phi) is 6.10. The Morgan fingerprint density at radius 3 is 2.43 bits per heavy atom. The number of halogens is 1. The molecule has 180 valence electrons. The van der Waals surface area contributed by atoms with Gasteiger partial charge in [0.2, 0.25) is 17.7 Å². The first-order valence-electron chi connectivity index (χ1n) is 11.5. The van der Waals surface area contributed by atoms with Crippen LogP contribution in [0.25, 0.3) is 17.4 Å². The predicted molar refractivity (Wildman–Crippen MR) is 130 cm³/mol. The van der Waals surface area contributed by atoms with Crippen LogP contribution in [0.4, 0.5) is 0 Å². The molecule has 3 heterocycles. The lowest BCUT2D eigenvalue weighted by Crippen LogP contribution is -2.34. The summed E-state index contributed by atoms with van der Waals surface area (Å²) in [5, 5.41) is 13.6. The Balaban J connectivity index is 1.35. The fraction of sp³-hybridized carbons (Fsp3) is 0.360.